The van der Waals surface area contributed by atoms with Gasteiger partial charge in [0.15, 0.2) is 0 Å². The van der Waals surface area contributed by atoms with E-state index in [1.807, 2.05) is 6.92 Å². The third-order valence-corrected chi connectivity index (χ3v) is 5.00. The average Bonchev–Trinajstić information content (AvgIpc) is 2.49. The minimum absolute atomic E-state index is 0.0197. The van der Waals surface area contributed by atoms with Gasteiger partial charge in [-0.25, -0.2) is 0 Å². The van der Waals surface area contributed by atoms with Crippen molar-refractivity contribution in [3.63, 3.8) is 0 Å². The molecule has 0 spiro atoms. The van der Waals surface area contributed by atoms with E-state index >= 15 is 0 Å². The summed E-state index contributed by atoms with van der Waals surface area (Å²) in [5.41, 5.74) is 0. The fourth-order valence-electron chi connectivity index (χ4n) is 3.82. The fraction of sp³-hybridized carbons (Fsp3) is 0.941. The summed E-state index contributed by atoms with van der Waals surface area (Å²) >= 11 is 0. The monoisotopic (exact) mass is 281 g/mol. The number of nitrogens with one attached hydrogen (secondary N) is 1. The van der Waals surface area contributed by atoms with Gasteiger partial charge in [0.05, 0.1) is 12.5 Å². The third kappa shape index (κ3) is 5.08. The largest absolute Gasteiger partial charge is 0.466 e. The van der Waals surface area contributed by atoms with Gasteiger partial charge in [0, 0.05) is 6.04 Å². The summed E-state index contributed by atoms with van der Waals surface area (Å²) in [5, 5.41) is 3.69. The Morgan fingerprint density at radius 2 is 1.90 bits per heavy atom. The predicted molar refractivity (Wildman–Crippen MR) is 81.6 cm³/mol. The Bertz CT molecular complexity index is 287. The van der Waals surface area contributed by atoms with Gasteiger partial charge in [-0.15, -0.1) is 0 Å². The van der Waals surface area contributed by atoms with Crippen LogP contribution in [0.3, 0.4) is 0 Å². The molecule has 0 aromatic rings. The molecule has 3 nitrogen and oxygen atoms in total. The van der Waals surface area contributed by atoms with Crippen LogP contribution in [0, 0.1) is 11.8 Å². The summed E-state index contributed by atoms with van der Waals surface area (Å²) in [6.07, 6.45) is 12.8. The lowest BCUT2D eigenvalue weighted by molar-refractivity contribution is -0.149. The molecule has 0 aromatic carbocycles. The van der Waals surface area contributed by atoms with E-state index in [9.17, 15) is 4.79 Å². The van der Waals surface area contributed by atoms with E-state index in [1.54, 1.807) is 0 Å². The van der Waals surface area contributed by atoms with Crippen molar-refractivity contribution in [1.29, 1.82) is 0 Å². The average molecular weight is 281 g/mol. The Hall–Kier alpha value is -0.570. The van der Waals surface area contributed by atoms with Gasteiger partial charge in [-0.3, -0.25) is 4.79 Å². The van der Waals surface area contributed by atoms with E-state index in [4.69, 9.17) is 4.74 Å². The van der Waals surface area contributed by atoms with E-state index in [-0.39, 0.29) is 11.9 Å². The summed E-state index contributed by atoms with van der Waals surface area (Å²) < 4.78 is 5.16. The molecule has 3 heteroatoms. The van der Waals surface area contributed by atoms with Gasteiger partial charge in [0.1, 0.15) is 0 Å². The van der Waals surface area contributed by atoms with E-state index < -0.39 is 0 Å². The fourth-order valence-corrected chi connectivity index (χ4v) is 3.82. The molecule has 0 aromatic heterocycles. The molecule has 116 valence electrons. The molecule has 1 N–H and O–H groups in total. The maximum Gasteiger partial charge on any atom is 0.308 e. The minimum Gasteiger partial charge on any atom is -0.466 e. The molecule has 2 rings (SSSR count). The zero-order valence-corrected chi connectivity index (χ0v) is 13.0. The molecule has 0 radical (unpaired) electrons. The molecule has 0 amide bonds. The second-order valence-electron chi connectivity index (χ2n) is 6.56. The van der Waals surface area contributed by atoms with Crippen LogP contribution in [-0.4, -0.2) is 25.2 Å². The first-order valence-corrected chi connectivity index (χ1v) is 8.69. The van der Waals surface area contributed by atoms with Crippen LogP contribution in [-0.2, 0) is 9.53 Å². The number of carbonyl (C=O) groups excluding carboxylic acids is 1. The van der Waals surface area contributed by atoms with Crippen molar-refractivity contribution in [3.05, 3.63) is 0 Å². The van der Waals surface area contributed by atoms with Crippen LogP contribution in [0.5, 0.6) is 0 Å². The Morgan fingerprint density at radius 1 is 1.10 bits per heavy atom. The quantitative estimate of drug-likeness (QED) is 0.755. The van der Waals surface area contributed by atoms with Crippen LogP contribution >= 0.6 is 0 Å². The van der Waals surface area contributed by atoms with Gasteiger partial charge in [-0.1, -0.05) is 38.5 Å². The summed E-state index contributed by atoms with van der Waals surface area (Å²) in [5.74, 6) is 1.10. The number of esters is 1. The van der Waals surface area contributed by atoms with Crippen molar-refractivity contribution in [2.24, 2.45) is 11.8 Å². The smallest absolute Gasteiger partial charge is 0.308 e. The second kappa shape index (κ2) is 8.66. The van der Waals surface area contributed by atoms with Crippen LogP contribution < -0.4 is 5.32 Å². The maximum atomic E-state index is 11.8. The summed E-state index contributed by atoms with van der Waals surface area (Å²) in [7, 11) is 0. The predicted octanol–water partition coefficient (Wildman–Crippen LogP) is 3.67. The molecule has 0 bridgehead atoms. The standard InChI is InChI=1S/C17H31NO2/c1-2-20-17(19)15-9-6-10-16(13-15)18-12-11-14-7-4-3-5-8-14/h14-16,18H,2-13H2,1H3. The molecule has 0 aliphatic heterocycles. The van der Waals surface area contributed by atoms with Gasteiger partial charge in [0.2, 0.25) is 0 Å². The zero-order valence-electron chi connectivity index (χ0n) is 13.0. The molecule has 20 heavy (non-hydrogen) atoms. The molecule has 2 aliphatic rings. The molecule has 0 saturated heterocycles. The highest BCUT2D eigenvalue weighted by Gasteiger charge is 2.28. The molecular formula is C17H31NO2. The topological polar surface area (TPSA) is 38.3 Å². The summed E-state index contributed by atoms with van der Waals surface area (Å²) in [6, 6.07) is 0.529. The lowest BCUT2D eigenvalue weighted by Gasteiger charge is -2.29. The van der Waals surface area contributed by atoms with Crippen molar-refractivity contribution in [3.8, 4) is 0 Å². The van der Waals surface area contributed by atoms with Crippen molar-refractivity contribution in [2.75, 3.05) is 13.2 Å². The van der Waals surface area contributed by atoms with Gasteiger partial charge < -0.3 is 10.1 Å². The molecular weight excluding hydrogens is 250 g/mol. The van der Waals surface area contributed by atoms with Gasteiger partial charge in [-0.2, -0.15) is 0 Å². The Morgan fingerprint density at radius 3 is 2.65 bits per heavy atom. The van der Waals surface area contributed by atoms with E-state index in [0.717, 1.165) is 31.7 Å². The van der Waals surface area contributed by atoms with Crippen LogP contribution in [0.2, 0.25) is 0 Å². The highest BCUT2D eigenvalue weighted by molar-refractivity contribution is 5.72. The Kier molecular flexibility index (Phi) is 6.85. The van der Waals surface area contributed by atoms with Gasteiger partial charge in [0.25, 0.3) is 0 Å². The molecule has 2 atom stereocenters. The number of ether oxygens (including phenoxy) is 1. The molecule has 2 fully saturated rings. The first kappa shape index (κ1) is 15.8. The van der Waals surface area contributed by atoms with Crippen LogP contribution in [0.25, 0.3) is 0 Å². The van der Waals surface area contributed by atoms with Crippen molar-refractivity contribution < 1.29 is 9.53 Å². The molecule has 0 heterocycles. The van der Waals surface area contributed by atoms with E-state index in [2.05, 4.69) is 5.32 Å². The van der Waals surface area contributed by atoms with Gasteiger partial charge in [-0.05, 0) is 45.1 Å². The highest BCUT2D eigenvalue weighted by Crippen LogP contribution is 2.27. The first-order valence-electron chi connectivity index (χ1n) is 8.69. The second-order valence-corrected chi connectivity index (χ2v) is 6.56. The van der Waals surface area contributed by atoms with Crippen molar-refractivity contribution in [2.45, 2.75) is 77.2 Å². The van der Waals surface area contributed by atoms with Crippen LogP contribution in [0.4, 0.5) is 0 Å². The zero-order chi connectivity index (χ0) is 14.2. The molecule has 2 aliphatic carbocycles. The molecule has 2 saturated carbocycles. The van der Waals surface area contributed by atoms with Gasteiger partial charge >= 0.3 is 5.97 Å². The number of hydrogen-bond donors (Lipinski definition) is 1. The van der Waals surface area contributed by atoms with Crippen molar-refractivity contribution in [1.82, 2.24) is 5.32 Å². The summed E-state index contributed by atoms with van der Waals surface area (Å²) in [4.78, 5) is 11.8. The lowest BCUT2D eigenvalue weighted by Crippen LogP contribution is -2.37. The number of rotatable bonds is 6. The Labute approximate surface area is 123 Å². The third-order valence-electron chi connectivity index (χ3n) is 5.00. The van der Waals surface area contributed by atoms with E-state index in [0.29, 0.717) is 12.6 Å². The van der Waals surface area contributed by atoms with Crippen molar-refractivity contribution >= 4 is 5.97 Å². The maximum absolute atomic E-state index is 11.8. The number of hydrogen-bond acceptors (Lipinski definition) is 3. The SMILES string of the molecule is CCOC(=O)C1CCCC(NCCC2CCCCC2)C1. The summed E-state index contributed by atoms with van der Waals surface area (Å²) in [6.45, 7) is 3.53. The van der Waals surface area contributed by atoms with Crippen LogP contribution in [0.15, 0.2) is 0 Å². The molecule has 2 unspecified atom stereocenters. The number of carbonyl (C=O) groups is 1. The highest BCUT2D eigenvalue weighted by atomic mass is 16.5. The Balaban J connectivity index is 1.63. The lowest BCUT2D eigenvalue weighted by atomic mass is 9.85. The minimum atomic E-state index is 0.0197. The normalized spacial score (nSPS) is 28.2. The van der Waals surface area contributed by atoms with E-state index in [1.165, 1.54) is 44.9 Å². The first-order chi connectivity index (χ1) is 9.79. The van der Waals surface area contributed by atoms with Crippen LogP contribution in [0.1, 0.15) is 71.1 Å².